The zero-order valence-corrected chi connectivity index (χ0v) is 19.4. The van der Waals surface area contributed by atoms with Gasteiger partial charge in [-0.1, -0.05) is 11.8 Å². The van der Waals surface area contributed by atoms with Gasteiger partial charge in [0.25, 0.3) is 5.56 Å². The Morgan fingerprint density at radius 1 is 1.19 bits per heavy atom. The van der Waals surface area contributed by atoms with Crippen LogP contribution in [0.3, 0.4) is 0 Å². The first-order chi connectivity index (χ1) is 15.5. The number of hydrogen-bond donors (Lipinski definition) is 1. The van der Waals surface area contributed by atoms with Crippen molar-refractivity contribution in [2.24, 2.45) is 0 Å². The van der Waals surface area contributed by atoms with E-state index in [-0.39, 0.29) is 17.9 Å². The smallest absolute Gasteiger partial charge is 0.413 e. The summed E-state index contributed by atoms with van der Waals surface area (Å²) in [5.41, 5.74) is 1.59. The monoisotopic (exact) mass is 473 g/mol. The van der Waals surface area contributed by atoms with Gasteiger partial charge in [0.1, 0.15) is 10.6 Å². The molecule has 1 aliphatic rings. The second-order valence-corrected chi connectivity index (χ2v) is 9.08. The zero-order chi connectivity index (χ0) is 22.7. The molecule has 2 amide bonds. The number of nitrogens with one attached hydrogen (secondary N) is 1. The van der Waals surface area contributed by atoms with Crippen LogP contribution in [-0.2, 0) is 22.4 Å². The van der Waals surface area contributed by atoms with Crippen LogP contribution in [0.5, 0.6) is 5.75 Å². The number of fused-ring (bicyclic) bond motifs is 3. The van der Waals surface area contributed by atoms with Crippen molar-refractivity contribution < 1.29 is 19.1 Å². The number of nitrogens with zero attached hydrogens (tertiary/aromatic N) is 2. The van der Waals surface area contributed by atoms with E-state index in [4.69, 9.17) is 14.5 Å². The van der Waals surface area contributed by atoms with Gasteiger partial charge in [0.05, 0.1) is 30.0 Å². The quantitative estimate of drug-likeness (QED) is 0.413. The number of imide groups is 1. The van der Waals surface area contributed by atoms with E-state index < -0.39 is 12.0 Å². The number of carbonyl (C=O) groups is 2. The van der Waals surface area contributed by atoms with Crippen LogP contribution in [0.2, 0.25) is 0 Å². The number of ether oxygens (including phenoxy) is 2. The fourth-order valence-electron chi connectivity index (χ4n) is 3.65. The van der Waals surface area contributed by atoms with Crippen LogP contribution in [0, 0.1) is 0 Å². The highest BCUT2D eigenvalue weighted by atomic mass is 32.2. The minimum atomic E-state index is -0.792. The van der Waals surface area contributed by atoms with E-state index in [9.17, 15) is 14.4 Å². The molecule has 2 heterocycles. The summed E-state index contributed by atoms with van der Waals surface area (Å²) < 4.78 is 11.8. The number of benzene rings is 1. The van der Waals surface area contributed by atoms with Gasteiger partial charge in [-0.05, 0) is 62.9 Å². The minimum Gasteiger partial charge on any atom is -0.494 e. The molecule has 1 aromatic carbocycles. The summed E-state index contributed by atoms with van der Waals surface area (Å²) in [7, 11) is 0. The average molecular weight is 474 g/mol. The Morgan fingerprint density at radius 3 is 2.69 bits per heavy atom. The van der Waals surface area contributed by atoms with Crippen LogP contribution in [0.4, 0.5) is 4.79 Å². The lowest BCUT2D eigenvalue weighted by Gasteiger charge is -2.13. The number of rotatable bonds is 7. The molecule has 3 aromatic rings. The maximum absolute atomic E-state index is 13.6. The predicted molar refractivity (Wildman–Crippen MR) is 124 cm³/mol. The van der Waals surface area contributed by atoms with E-state index in [0.717, 1.165) is 36.6 Å². The third-order valence-corrected chi connectivity index (χ3v) is 7.09. The number of thioether (sulfide) groups is 1. The fraction of sp³-hybridized carbons (Fsp3) is 0.364. The molecule has 0 fully saturated rings. The molecule has 0 saturated carbocycles. The van der Waals surface area contributed by atoms with E-state index in [1.807, 2.05) is 6.92 Å². The summed E-state index contributed by atoms with van der Waals surface area (Å²) in [6, 6.07) is 7.20. The molecule has 0 radical (unpaired) electrons. The lowest BCUT2D eigenvalue weighted by atomic mass is 10.2. The van der Waals surface area contributed by atoms with Crippen molar-refractivity contribution in [1.29, 1.82) is 0 Å². The number of aryl methyl sites for hydroxylation is 2. The molecule has 0 atom stereocenters. The topological polar surface area (TPSA) is 99.5 Å². The molecular formula is C22H23N3O5S2. The Balaban J connectivity index is 1.72. The summed E-state index contributed by atoms with van der Waals surface area (Å²) in [5.74, 6) is 0.103. The molecular weight excluding hydrogens is 450 g/mol. The minimum absolute atomic E-state index is 0.0844. The van der Waals surface area contributed by atoms with Crippen LogP contribution in [0.25, 0.3) is 15.9 Å². The van der Waals surface area contributed by atoms with Gasteiger partial charge < -0.3 is 9.47 Å². The molecule has 0 unspecified atom stereocenters. The fourth-order valence-corrected chi connectivity index (χ4v) is 5.77. The van der Waals surface area contributed by atoms with E-state index in [1.165, 1.54) is 9.44 Å². The van der Waals surface area contributed by atoms with E-state index in [0.29, 0.717) is 33.4 Å². The average Bonchev–Trinajstić information content (AvgIpc) is 3.34. The lowest BCUT2D eigenvalue weighted by Crippen LogP contribution is -2.32. The second kappa shape index (κ2) is 9.74. The van der Waals surface area contributed by atoms with Crippen LogP contribution in [-0.4, -0.2) is 40.5 Å². The summed E-state index contributed by atoms with van der Waals surface area (Å²) in [6.07, 6.45) is 2.09. The molecule has 32 heavy (non-hydrogen) atoms. The molecule has 0 aliphatic heterocycles. The number of hydrogen-bond acceptors (Lipinski definition) is 8. The molecule has 10 heteroatoms. The normalized spacial score (nSPS) is 12.6. The van der Waals surface area contributed by atoms with Gasteiger partial charge in [-0.2, -0.15) is 0 Å². The second-order valence-electron chi connectivity index (χ2n) is 7.06. The first kappa shape index (κ1) is 22.3. The Hall–Kier alpha value is -2.85. The van der Waals surface area contributed by atoms with Crippen LogP contribution >= 0.6 is 23.1 Å². The molecule has 1 N–H and O–H groups in total. The van der Waals surface area contributed by atoms with Gasteiger partial charge >= 0.3 is 6.09 Å². The lowest BCUT2D eigenvalue weighted by molar-refractivity contribution is -0.117. The van der Waals surface area contributed by atoms with Gasteiger partial charge in [0.2, 0.25) is 5.91 Å². The van der Waals surface area contributed by atoms with Crippen molar-refractivity contribution in [2.75, 3.05) is 19.0 Å². The van der Waals surface area contributed by atoms with Crippen LogP contribution < -0.4 is 15.6 Å². The highest BCUT2D eigenvalue weighted by Crippen LogP contribution is 2.36. The van der Waals surface area contributed by atoms with Crippen molar-refractivity contribution in [3.63, 3.8) is 0 Å². The van der Waals surface area contributed by atoms with Crippen LogP contribution in [0.15, 0.2) is 34.2 Å². The highest BCUT2D eigenvalue weighted by Gasteiger charge is 2.24. The molecule has 0 spiro atoms. The maximum Gasteiger partial charge on any atom is 0.413 e. The Morgan fingerprint density at radius 2 is 1.97 bits per heavy atom. The maximum atomic E-state index is 13.6. The molecule has 2 aromatic heterocycles. The SMILES string of the molecule is CCOC(=O)NC(=O)CSc1nc2sc3c(c2c(=O)n1-c1ccc(OCC)cc1)CCC3. The van der Waals surface area contributed by atoms with E-state index >= 15 is 0 Å². The number of alkyl carbamates (subject to hydrolysis) is 1. The molecule has 1 aliphatic carbocycles. The Kier molecular flexibility index (Phi) is 6.80. The summed E-state index contributed by atoms with van der Waals surface area (Å²) >= 11 is 2.65. The number of amides is 2. The van der Waals surface area contributed by atoms with Gasteiger partial charge in [-0.25, -0.2) is 9.78 Å². The van der Waals surface area contributed by atoms with Crippen LogP contribution in [0.1, 0.15) is 30.7 Å². The third kappa shape index (κ3) is 4.51. The Bertz CT molecular complexity index is 1220. The number of thiophene rings is 1. The summed E-state index contributed by atoms with van der Waals surface area (Å²) in [6.45, 7) is 4.28. The molecule has 0 saturated heterocycles. The van der Waals surface area contributed by atoms with E-state index in [1.54, 1.807) is 42.5 Å². The zero-order valence-electron chi connectivity index (χ0n) is 17.8. The predicted octanol–water partition coefficient (Wildman–Crippen LogP) is 3.70. The van der Waals surface area contributed by atoms with Crippen molar-refractivity contribution >= 4 is 45.3 Å². The molecule has 0 bridgehead atoms. The largest absolute Gasteiger partial charge is 0.494 e. The van der Waals surface area contributed by atoms with Gasteiger partial charge in [0, 0.05) is 4.88 Å². The van der Waals surface area contributed by atoms with Crippen molar-refractivity contribution in [2.45, 2.75) is 38.3 Å². The van der Waals surface area contributed by atoms with Gasteiger partial charge in [0.15, 0.2) is 5.16 Å². The van der Waals surface area contributed by atoms with Crippen molar-refractivity contribution in [3.8, 4) is 11.4 Å². The molecule has 168 valence electrons. The first-order valence-corrected chi connectivity index (χ1v) is 12.2. The first-order valence-electron chi connectivity index (χ1n) is 10.4. The molecule has 4 rings (SSSR count). The van der Waals surface area contributed by atoms with Gasteiger partial charge in [-0.15, -0.1) is 11.3 Å². The highest BCUT2D eigenvalue weighted by molar-refractivity contribution is 7.99. The summed E-state index contributed by atoms with van der Waals surface area (Å²) in [5, 5.41) is 3.22. The summed E-state index contributed by atoms with van der Waals surface area (Å²) in [4.78, 5) is 43.9. The standard InChI is InChI=1S/C22H23N3O5S2/c1-3-29-14-10-8-13(9-11-14)25-20(27)18-15-6-5-7-16(15)32-19(18)24-21(25)31-12-17(26)23-22(28)30-4-2/h8-11H,3-7,12H2,1-2H3,(H,23,26,28). The third-order valence-electron chi connectivity index (χ3n) is 4.96. The van der Waals surface area contributed by atoms with Gasteiger partial charge in [-0.3, -0.25) is 19.5 Å². The number of carbonyl (C=O) groups excluding carboxylic acids is 2. The number of aromatic nitrogens is 2. The Labute approximate surface area is 192 Å². The van der Waals surface area contributed by atoms with E-state index in [2.05, 4.69) is 5.32 Å². The van der Waals surface area contributed by atoms with Crippen molar-refractivity contribution in [1.82, 2.24) is 14.9 Å². The molecule has 8 nitrogen and oxygen atoms in total. The van der Waals surface area contributed by atoms with Crippen molar-refractivity contribution in [3.05, 3.63) is 45.1 Å².